The van der Waals surface area contributed by atoms with Crippen LogP contribution < -0.4 is 20.3 Å². The molecule has 2 aliphatic rings. The number of alkyl carbamates (subject to hydrolysis) is 1. The van der Waals surface area contributed by atoms with Crippen LogP contribution in [0.1, 0.15) is 72.4 Å². The van der Waals surface area contributed by atoms with Crippen molar-refractivity contribution in [2.45, 2.75) is 85.5 Å². The molecule has 244 valence electrons. The number of benzene rings is 1. The van der Waals surface area contributed by atoms with Crippen molar-refractivity contribution in [2.24, 2.45) is 10.9 Å². The Morgan fingerprint density at radius 3 is 2.29 bits per heavy atom. The van der Waals surface area contributed by atoms with Crippen LogP contribution in [0.5, 0.6) is 5.75 Å². The van der Waals surface area contributed by atoms with Crippen LogP contribution in [-0.4, -0.2) is 71.4 Å². The smallest absolute Gasteiger partial charge is 0.437 e. The number of ether oxygens (including phenoxy) is 3. The molecule has 1 aromatic heterocycles. The second-order valence-corrected chi connectivity index (χ2v) is 13.5. The number of carbonyl (C=O) groups excluding carboxylic acids is 3. The van der Waals surface area contributed by atoms with Crippen molar-refractivity contribution in [3.63, 3.8) is 0 Å². The Morgan fingerprint density at radius 1 is 0.956 bits per heavy atom. The molecule has 4 rings (SSSR count). The van der Waals surface area contributed by atoms with Gasteiger partial charge in [0.1, 0.15) is 22.8 Å². The molecule has 1 fully saturated rings. The number of anilines is 2. The van der Waals surface area contributed by atoms with Gasteiger partial charge in [-0.05, 0) is 102 Å². The van der Waals surface area contributed by atoms with Gasteiger partial charge in [0.05, 0.1) is 18.5 Å². The van der Waals surface area contributed by atoms with Gasteiger partial charge in [0.15, 0.2) is 0 Å². The van der Waals surface area contributed by atoms with E-state index in [1.165, 1.54) is 12.5 Å². The number of hydrogen-bond acceptors (Lipinski definition) is 8. The Bertz CT molecular complexity index is 1390. The number of fused-ring (bicyclic) bond motifs is 1. The lowest BCUT2D eigenvalue weighted by Crippen LogP contribution is -2.48. The molecule has 1 aromatic carbocycles. The van der Waals surface area contributed by atoms with E-state index < -0.39 is 23.4 Å². The third-order valence-corrected chi connectivity index (χ3v) is 7.19. The van der Waals surface area contributed by atoms with E-state index in [1.54, 1.807) is 47.7 Å². The van der Waals surface area contributed by atoms with Crippen molar-refractivity contribution >= 4 is 35.6 Å². The number of nitrogens with one attached hydrogen (secondary N) is 2. The quantitative estimate of drug-likeness (QED) is 0.327. The molecule has 0 radical (unpaired) electrons. The molecule has 45 heavy (non-hydrogen) atoms. The number of pyridine rings is 1. The van der Waals surface area contributed by atoms with Crippen LogP contribution in [0, 0.1) is 5.92 Å². The van der Waals surface area contributed by atoms with Crippen molar-refractivity contribution in [1.29, 1.82) is 0 Å². The van der Waals surface area contributed by atoms with Gasteiger partial charge in [-0.1, -0.05) is 6.07 Å². The minimum atomic E-state index is -0.791. The number of piperidine rings is 1. The number of carbonyl (C=O) groups is 3. The largest absolute Gasteiger partial charge is 0.493 e. The van der Waals surface area contributed by atoms with Gasteiger partial charge >= 0.3 is 12.2 Å². The first-order valence-corrected chi connectivity index (χ1v) is 15.4. The molecule has 12 heteroatoms. The highest BCUT2D eigenvalue weighted by atomic mass is 16.6. The highest BCUT2D eigenvalue weighted by Gasteiger charge is 2.27. The van der Waals surface area contributed by atoms with Crippen molar-refractivity contribution in [2.75, 3.05) is 36.5 Å². The van der Waals surface area contributed by atoms with Crippen LogP contribution in [0.2, 0.25) is 0 Å². The molecule has 0 bridgehead atoms. The maximum atomic E-state index is 12.6. The maximum absolute atomic E-state index is 12.6. The number of aliphatic imine (C=N–C) groups is 1. The number of rotatable bonds is 5. The molecule has 1 saturated heterocycles. The Hall–Kier alpha value is -4.35. The maximum Gasteiger partial charge on any atom is 0.437 e. The average molecular weight is 623 g/mol. The molecule has 3 heterocycles. The summed E-state index contributed by atoms with van der Waals surface area (Å²) in [6.07, 6.45) is 2.86. The van der Waals surface area contributed by atoms with Gasteiger partial charge in [0.25, 0.3) is 0 Å². The summed E-state index contributed by atoms with van der Waals surface area (Å²) in [4.78, 5) is 49.2. The Kier molecular flexibility index (Phi) is 10.6. The standard InChI is InChI=1S/C33H46N6O6/c1-22(40)35-26-9-11-28(34-19-26)38-15-12-23(13-16-38)21-43-27-10-8-24-14-17-39(20-25(24)18-27)29(36-30(41)44-32(2,3)4)37-31(42)45-33(5,6)7/h8-11,18-19,23H,12-17,20-21H2,1-7H3,(H,35,40)(H,36,37,41,42). The topological polar surface area (TPSA) is 135 Å². The third kappa shape index (κ3) is 10.6. The van der Waals surface area contributed by atoms with Crippen LogP contribution in [0.25, 0.3) is 0 Å². The summed E-state index contributed by atoms with van der Waals surface area (Å²) >= 11 is 0. The monoisotopic (exact) mass is 622 g/mol. The van der Waals surface area contributed by atoms with E-state index in [0.717, 1.165) is 43.1 Å². The average Bonchev–Trinajstić information content (AvgIpc) is 2.94. The Balaban J connectivity index is 1.35. The van der Waals surface area contributed by atoms with E-state index in [-0.39, 0.29) is 11.9 Å². The van der Waals surface area contributed by atoms with Gasteiger partial charge in [0.2, 0.25) is 11.9 Å². The summed E-state index contributed by atoms with van der Waals surface area (Å²) in [6.45, 7) is 15.4. The van der Waals surface area contributed by atoms with E-state index in [9.17, 15) is 14.4 Å². The predicted molar refractivity (Wildman–Crippen MR) is 173 cm³/mol. The first kappa shape index (κ1) is 33.5. The zero-order valence-electron chi connectivity index (χ0n) is 27.4. The van der Waals surface area contributed by atoms with Crippen LogP contribution >= 0.6 is 0 Å². The molecule has 3 amide bonds. The lowest BCUT2D eigenvalue weighted by atomic mass is 9.97. The molecule has 0 aliphatic carbocycles. The molecule has 0 atom stereocenters. The normalized spacial score (nSPS) is 16.0. The van der Waals surface area contributed by atoms with E-state index in [1.807, 2.05) is 29.2 Å². The van der Waals surface area contributed by atoms with Crippen molar-refractivity contribution in [3.05, 3.63) is 47.7 Å². The van der Waals surface area contributed by atoms with E-state index in [4.69, 9.17) is 14.2 Å². The summed E-state index contributed by atoms with van der Waals surface area (Å²) in [6, 6.07) is 9.91. The van der Waals surface area contributed by atoms with Crippen molar-refractivity contribution in [3.8, 4) is 5.75 Å². The molecular formula is C33H46N6O6. The molecule has 2 aliphatic heterocycles. The lowest BCUT2D eigenvalue weighted by Gasteiger charge is -2.33. The van der Waals surface area contributed by atoms with Crippen molar-refractivity contribution in [1.82, 2.24) is 15.2 Å². The van der Waals surface area contributed by atoms with Crippen molar-refractivity contribution < 1.29 is 28.6 Å². The molecule has 12 nitrogen and oxygen atoms in total. The summed E-state index contributed by atoms with van der Waals surface area (Å²) in [5.41, 5.74) is 1.46. The number of guanidine groups is 1. The van der Waals surface area contributed by atoms with Gasteiger partial charge < -0.3 is 29.3 Å². The fourth-order valence-corrected chi connectivity index (χ4v) is 5.14. The second kappa shape index (κ2) is 14.2. The Labute approximate surface area is 265 Å². The van der Waals surface area contributed by atoms with E-state index in [0.29, 0.717) is 37.7 Å². The SMILES string of the molecule is CC(=O)Nc1ccc(N2CCC(COc3ccc4c(c3)CN(/C(=N\C(=O)OC(C)(C)C)NC(=O)OC(C)(C)C)CC4)CC2)nc1. The van der Waals surface area contributed by atoms with Gasteiger partial charge in [-0.2, -0.15) is 0 Å². The Morgan fingerprint density at radius 2 is 1.67 bits per heavy atom. The summed E-state index contributed by atoms with van der Waals surface area (Å²) in [7, 11) is 0. The molecular weight excluding hydrogens is 576 g/mol. The number of aromatic nitrogens is 1. The van der Waals surface area contributed by atoms with Crippen LogP contribution in [0.4, 0.5) is 21.1 Å². The molecule has 2 N–H and O–H groups in total. The minimum Gasteiger partial charge on any atom is -0.493 e. The summed E-state index contributed by atoms with van der Waals surface area (Å²) in [5, 5.41) is 5.40. The highest BCUT2D eigenvalue weighted by Crippen LogP contribution is 2.27. The lowest BCUT2D eigenvalue weighted by molar-refractivity contribution is -0.114. The molecule has 0 saturated carbocycles. The first-order chi connectivity index (χ1) is 21.1. The minimum absolute atomic E-state index is 0.0847. The second-order valence-electron chi connectivity index (χ2n) is 13.5. The summed E-state index contributed by atoms with van der Waals surface area (Å²) < 4.78 is 17.1. The molecule has 0 spiro atoms. The third-order valence-electron chi connectivity index (χ3n) is 7.19. The predicted octanol–water partition coefficient (Wildman–Crippen LogP) is 5.51. The zero-order valence-corrected chi connectivity index (χ0v) is 27.4. The van der Waals surface area contributed by atoms with E-state index in [2.05, 4.69) is 31.6 Å². The number of amides is 3. The van der Waals surface area contributed by atoms with Gasteiger partial charge in [-0.3, -0.25) is 10.1 Å². The number of nitrogens with zero attached hydrogens (tertiary/aromatic N) is 4. The van der Waals surface area contributed by atoms with Crippen LogP contribution in [0.3, 0.4) is 0 Å². The fourth-order valence-electron chi connectivity index (χ4n) is 5.14. The summed E-state index contributed by atoms with van der Waals surface area (Å²) in [5.74, 6) is 2.06. The van der Waals surface area contributed by atoms with Gasteiger partial charge in [-0.25, -0.2) is 14.6 Å². The van der Waals surface area contributed by atoms with Gasteiger partial charge in [-0.15, -0.1) is 4.99 Å². The zero-order chi connectivity index (χ0) is 32.8. The number of hydrogen-bond donors (Lipinski definition) is 2. The fraction of sp³-hybridized carbons (Fsp3) is 0.545. The van der Waals surface area contributed by atoms with Gasteiger partial charge in [0, 0.05) is 33.1 Å². The van der Waals surface area contributed by atoms with E-state index >= 15 is 0 Å². The first-order valence-electron chi connectivity index (χ1n) is 15.4. The molecule has 0 unspecified atom stereocenters. The highest BCUT2D eigenvalue weighted by molar-refractivity contribution is 5.99. The van der Waals surface area contributed by atoms with Crippen LogP contribution in [0.15, 0.2) is 41.5 Å². The molecule has 2 aromatic rings. The van der Waals surface area contributed by atoms with Crippen LogP contribution in [-0.2, 0) is 27.2 Å².